The maximum absolute atomic E-state index is 9.45. The topological polar surface area (TPSA) is 96.1 Å². The summed E-state index contributed by atoms with van der Waals surface area (Å²) in [6.07, 6.45) is 4.89. The third-order valence-corrected chi connectivity index (χ3v) is 3.40. The smallest absolute Gasteiger partial charge is 0.145 e. The molecule has 1 aromatic rings. The van der Waals surface area contributed by atoms with E-state index in [0.717, 1.165) is 43.7 Å². The number of aryl methyl sites for hydroxylation is 1. The van der Waals surface area contributed by atoms with Gasteiger partial charge in [0.2, 0.25) is 0 Å². The standard InChI is InChI=1S/C12H21N5O/c1-2-4-9-14-10(7-11(15-9)17-13)16-12(8-18)5-3-6-12/h7,18H,2-6,8,13H2,1H3,(H2,14,15,16,17). The zero-order chi connectivity index (χ0) is 13.0. The fourth-order valence-electron chi connectivity index (χ4n) is 2.17. The number of hydrazine groups is 1. The van der Waals surface area contributed by atoms with Crippen molar-refractivity contribution in [3.8, 4) is 0 Å². The average Bonchev–Trinajstić information content (AvgIpc) is 2.34. The number of hydrogen-bond acceptors (Lipinski definition) is 6. The number of aliphatic hydroxyl groups excluding tert-OH is 1. The summed E-state index contributed by atoms with van der Waals surface area (Å²) in [6.45, 7) is 2.21. The van der Waals surface area contributed by atoms with E-state index in [-0.39, 0.29) is 12.1 Å². The van der Waals surface area contributed by atoms with Gasteiger partial charge in [0.1, 0.15) is 17.5 Å². The van der Waals surface area contributed by atoms with E-state index in [2.05, 4.69) is 27.6 Å². The van der Waals surface area contributed by atoms with Crippen molar-refractivity contribution >= 4 is 11.6 Å². The Morgan fingerprint density at radius 1 is 1.39 bits per heavy atom. The quantitative estimate of drug-likeness (QED) is 0.446. The molecule has 0 aliphatic heterocycles. The van der Waals surface area contributed by atoms with E-state index < -0.39 is 0 Å². The first-order chi connectivity index (χ1) is 8.71. The molecule has 1 aliphatic rings. The van der Waals surface area contributed by atoms with Gasteiger partial charge < -0.3 is 15.8 Å². The minimum atomic E-state index is -0.205. The normalized spacial score (nSPS) is 17.1. The van der Waals surface area contributed by atoms with Gasteiger partial charge >= 0.3 is 0 Å². The molecule has 2 rings (SSSR count). The molecule has 1 fully saturated rings. The molecule has 0 radical (unpaired) electrons. The molecule has 0 bridgehead atoms. The Bertz CT molecular complexity index is 400. The first-order valence-corrected chi connectivity index (χ1v) is 6.45. The minimum Gasteiger partial charge on any atom is -0.394 e. The van der Waals surface area contributed by atoms with E-state index in [1.165, 1.54) is 0 Å². The van der Waals surface area contributed by atoms with Crippen LogP contribution in [0.1, 0.15) is 38.4 Å². The second-order valence-corrected chi connectivity index (χ2v) is 4.87. The molecule has 0 unspecified atom stereocenters. The summed E-state index contributed by atoms with van der Waals surface area (Å²) >= 11 is 0. The van der Waals surface area contributed by atoms with Crippen LogP contribution < -0.4 is 16.6 Å². The van der Waals surface area contributed by atoms with Crippen molar-refractivity contribution in [1.82, 2.24) is 9.97 Å². The van der Waals surface area contributed by atoms with Crippen LogP contribution in [-0.4, -0.2) is 27.2 Å². The number of anilines is 2. The van der Waals surface area contributed by atoms with Crippen LogP contribution in [0.5, 0.6) is 0 Å². The molecule has 6 nitrogen and oxygen atoms in total. The van der Waals surface area contributed by atoms with Crippen LogP contribution in [0.25, 0.3) is 0 Å². The van der Waals surface area contributed by atoms with E-state index in [1.807, 2.05) is 0 Å². The monoisotopic (exact) mass is 251 g/mol. The van der Waals surface area contributed by atoms with Crippen LogP contribution in [0.3, 0.4) is 0 Å². The van der Waals surface area contributed by atoms with Crippen LogP contribution >= 0.6 is 0 Å². The number of nitrogens with zero attached hydrogens (tertiary/aromatic N) is 2. The predicted molar refractivity (Wildman–Crippen MR) is 71.1 cm³/mol. The number of nitrogens with two attached hydrogens (primary N) is 1. The molecule has 0 spiro atoms. The van der Waals surface area contributed by atoms with E-state index in [1.54, 1.807) is 6.07 Å². The van der Waals surface area contributed by atoms with Crippen molar-refractivity contribution in [3.05, 3.63) is 11.9 Å². The molecule has 1 aromatic heterocycles. The first kappa shape index (κ1) is 13.0. The van der Waals surface area contributed by atoms with Gasteiger partial charge in [0, 0.05) is 12.5 Å². The summed E-state index contributed by atoms with van der Waals surface area (Å²) in [4.78, 5) is 8.75. The molecule has 6 heteroatoms. The molecule has 100 valence electrons. The summed E-state index contributed by atoms with van der Waals surface area (Å²) in [5.74, 6) is 7.51. The molecule has 0 atom stereocenters. The number of nitrogens with one attached hydrogen (secondary N) is 2. The number of nitrogen functional groups attached to an aromatic ring is 1. The van der Waals surface area contributed by atoms with Gasteiger partial charge in [-0.1, -0.05) is 6.92 Å². The van der Waals surface area contributed by atoms with Crippen LogP contribution in [0, 0.1) is 0 Å². The van der Waals surface area contributed by atoms with Crippen LogP contribution in [-0.2, 0) is 6.42 Å². The lowest BCUT2D eigenvalue weighted by Gasteiger charge is -2.41. The SMILES string of the molecule is CCCc1nc(NN)cc(NC2(CO)CCC2)n1. The van der Waals surface area contributed by atoms with Gasteiger partial charge in [-0.25, -0.2) is 15.8 Å². The third kappa shape index (κ3) is 2.70. The number of aromatic nitrogens is 2. The van der Waals surface area contributed by atoms with Gasteiger partial charge in [0.25, 0.3) is 0 Å². The highest BCUT2D eigenvalue weighted by Crippen LogP contribution is 2.34. The van der Waals surface area contributed by atoms with E-state index in [4.69, 9.17) is 5.84 Å². The lowest BCUT2D eigenvalue weighted by atomic mass is 9.77. The van der Waals surface area contributed by atoms with Crippen molar-refractivity contribution in [2.45, 2.75) is 44.6 Å². The Morgan fingerprint density at radius 3 is 2.61 bits per heavy atom. The Labute approximate surface area is 107 Å². The van der Waals surface area contributed by atoms with Crippen LogP contribution in [0.2, 0.25) is 0 Å². The average molecular weight is 251 g/mol. The minimum absolute atomic E-state index is 0.130. The fourth-order valence-corrected chi connectivity index (χ4v) is 2.17. The first-order valence-electron chi connectivity index (χ1n) is 6.45. The van der Waals surface area contributed by atoms with E-state index in [9.17, 15) is 5.11 Å². The summed E-state index contributed by atoms with van der Waals surface area (Å²) in [5.41, 5.74) is 2.35. The van der Waals surface area contributed by atoms with Crippen molar-refractivity contribution in [1.29, 1.82) is 0 Å². The van der Waals surface area contributed by atoms with Crippen molar-refractivity contribution in [3.63, 3.8) is 0 Å². The van der Waals surface area contributed by atoms with Crippen molar-refractivity contribution in [2.75, 3.05) is 17.3 Å². The zero-order valence-corrected chi connectivity index (χ0v) is 10.7. The lowest BCUT2D eigenvalue weighted by Crippen LogP contribution is -2.48. The molecule has 1 heterocycles. The number of aliphatic hydroxyl groups is 1. The predicted octanol–water partition coefficient (Wildman–Crippen LogP) is 1.04. The second-order valence-electron chi connectivity index (χ2n) is 4.87. The molecule has 5 N–H and O–H groups in total. The maximum atomic E-state index is 9.45. The Kier molecular flexibility index (Phi) is 3.98. The summed E-state index contributed by atoms with van der Waals surface area (Å²) in [5, 5.41) is 12.8. The van der Waals surface area contributed by atoms with Gasteiger partial charge in [0.15, 0.2) is 0 Å². The molecule has 18 heavy (non-hydrogen) atoms. The highest BCUT2D eigenvalue weighted by atomic mass is 16.3. The van der Waals surface area contributed by atoms with Gasteiger partial charge in [0.05, 0.1) is 12.1 Å². The molecular formula is C12H21N5O. The van der Waals surface area contributed by atoms with Gasteiger partial charge in [-0.15, -0.1) is 0 Å². The lowest BCUT2D eigenvalue weighted by molar-refractivity contribution is 0.144. The van der Waals surface area contributed by atoms with Crippen molar-refractivity contribution < 1.29 is 5.11 Å². The van der Waals surface area contributed by atoms with Crippen LogP contribution in [0.4, 0.5) is 11.6 Å². The Morgan fingerprint density at radius 2 is 2.11 bits per heavy atom. The van der Waals surface area contributed by atoms with E-state index in [0.29, 0.717) is 5.82 Å². The Hall–Kier alpha value is -1.40. The maximum Gasteiger partial charge on any atom is 0.145 e. The Balaban J connectivity index is 2.18. The fraction of sp³-hybridized carbons (Fsp3) is 0.667. The van der Waals surface area contributed by atoms with Crippen molar-refractivity contribution in [2.24, 2.45) is 5.84 Å². The second kappa shape index (κ2) is 5.49. The van der Waals surface area contributed by atoms with E-state index >= 15 is 0 Å². The molecule has 0 saturated heterocycles. The summed E-state index contributed by atoms with van der Waals surface area (Å²) in [7, 11) is 0. The molecule has 1 aliphatic carbocycles. The van der Waals surface area contributed by atoms with Crippen LogP contribution in [0.15, 0.2) is 6.07 Å². The van der Waals surface area contributed by atoms with Gasteiger partial charge in [-0.2, -0.15) is 0 Å². The summed E-state index contributed by atoms with van der Waals surface area (Å²) in [6, 6.07) is 1.77. The zero-order valence-electron chi connectivity index (χ0n) is 10.7. The van der Waals surface area contributed by atoms with Gasteiger partial charge in [-0.3, -0.25) is 0 Å². The molecule has 1 saturated carbocycles. The molecule has 0 aromatic carbocycles. The molecular weight excluding hydrogens is 230 g/mol. The largest absolute Gasteiger partial charge is 0.394 e. The van der Waals surface area contributed by atoms with Gasteiger partial charge in [-0.05, 0) is 25.7 Å². The summed E-state index contributed by atoms with van der Waals surface area (Å²) < 4.78 is 0. The third-order valence-electron chi connectivity index (χ3n) is 3.40. The number of hydrogen-bond donors (Lipinski definition) is 4. The molecule has 0 amide bonds. The number of rotatable bonds is 6. The highest BCUT2D eigenvalue weighted by Gasteiger charge is 2.36. The highest BCUT2D eigenvalue weighted by molar-refractivity contribution is 5.49.